The molecule has 2 aromatic rings. The summed E-state index contributed by atoms with van der Waals surface area (Å²) >= 11 is 0. The van der Waals surface area contributed by atoms with Gasteiger partial charge in [0.1, 0.15) is 5.75 Å². The summed E-state index contributed by atoms with van der Waals surface area (Å²) in [6.07, 6.45) is 0. The van der Waals surface area contributed by atoms with E-state index in [9.17, 15) is 8.78 Å². The predicted molar refractivity (Wildman–Crippen MR) is 58.6 cm³/mol. The van der Waals surface area contributed by atoms with Gasteiger partial charge in [0, 0.05) is 12.1 Å². The van der Waals surface area contributed by atoms with Crippen LogP contribution in [0.1, 0.15) is 0 Å². The van der Waals surface area contributed by atoms with E-state index in [2.05, 4.69) is 10.2 Å². The highest BCUT2D eigenvalue weighted by Crippen LogP contribution is 2.28. The van der Waals surface area contributed by atoms with Crippen molar-refractivity contribution in [3.05, 3.63) is 54.1 Å². The van der Waals surface area contributed by atoms with Crippen LogP contribution in [0.4, 0.5) is 20.2 Å². The van der Waals surface area contributed by atoms with Crippen LogP contribution in [0, 0.1) is 11.6 Å². The maximum Gasteiger partial charge on any atom is 0.157 e. The summed E-state index contributed by atoms with van der Waals surface area (Å²) in [6.45, 7) is 0. The van der Waals surface area contributed by atoms with E-state index < -0.39 is 23.1 Å². The topological polar surface area (TPSA) is 45.0 Å². The van der Waals surface area contributed by atoms with Gasteiger partial charge in [-0.1, -0.05) is 18.2 Å². The first-order chi connectivity index (χ1) is 8.16. The number of halogens is 2. The van der Waals surface area contributed by atoms with Gasteiger partial charge in [0.2, 0.25) is 0 Å². The van der Waals surface area contributed by atoms with Crippen molar-refractivity contribution in [3.63, 3.8) is 0 Å². The molecule has 0 fully saturated rings. The van der Waals surface area contributed by atoms with Crippen molar-refractivity contribution in [1.82, 2.24) is 0 Å². The Balaban J connectivity index is 2.34. The highest BCUT2D eigenvalue weighted by molar-refractivity contribution is 5.45. The third kappa shape index (κ3) is 2.63. The van der Waals surface area contributed by atoms with E-state index in [0.29, 0.717) is 5.69 Å². The number of benzene rings is 2. The molecule has 0 spiro atoms. The molecule has 0 aliphatic heterocycles. The van der Waals surface area contributed by atoms with Gasteiger partial charge < -0.3 is 5.11 Å². The van der Waals surface area contributed by atoms with Crippen LogP contribution < -0.4 is 0 Å². The number of phenols is 1. The Bertz CT molecular complexity index is 533. The lowest BCUT2D eigenvalue weighted by atomic mass is 10.3. The second-order valence-electron chi connectivity index (χ2n) is 3.29. The van der Waals surface area contributed by atoms with Gasteiger partial charge in [-0.3, -0.25) is 0 Å². The smallest absolute Gasteiger partial charge is 0.157 e. The fraction of sp³-hybridized carbons (Fsp3) is 0. The first kappa shape index (κ1) is 11.2. The van der Waals surface area contributed by atoms with Crippen molar-refractivity contribution in [3.8, 4) is 5.75 Å². The molecule has 0 saturated heterocycles. The molecule has 0 bridgehead atoms. The minimum absolute atomic E-state index is 0.486. The molecule has 1 N–H and O–H groups in total. The summed E-state index contributed by atoms with van der Waals surface area (Å²) in [4.78, 5) is 0. The number of azo groups is 1. The van der Waals surface area contributed by atoms with Gasteiger partial charge in [0.15, 0.2) is 17.3 Å². The molecule has 2 rings (SSSR count). The SMILES string of the molecule is Oc1cc(F)c(N=Nc2ccccc2)c(F)c1. The average Bonchev–Trinajstić information content (AvgIpc) is 2.29. The molecular weight excluding hydrogens is 226 g/mol. The molecule has 2 aromatic carbocycles. The van der Waals surface area contributed by atoms with Crippen molar-refractivity contribution in [1.29, 1.82) is 0 Å². The zero-order chi connectivity index (χ0) is 12.3. The van der Waals surface area contributed by atoms with E-state index in [0.717, 1.165) is 12.1 Å². The van der Waals surface area contributed by atoms with Crippen LogP contribution in [0.5, 0.6) is 5.75 Å². The van der Waals surface area contributed by atoms with Crippen molar-refractivity contribution in [2.45, 2.75) is 0 Å². The molecule has 0 aliphatic rings. The predicted octanol–water partition coefficient (Wildman–Crippen LogP) is 4.09. The molecule has 0 radical (unpaired) electrons. The van der Waals surface area contributed by atoms with Gasteiger partial charge >= 0.3 is 0 Å². The molecule has 0 atom stereocenters. The Morgan fingerprint density at radius 2 is 1.47 bits per heavy atom. The van der Waals surface area contributed by atoms with Crippen LogP contribution in [0.15, 0.2) is 52.7 Å². The van der Waals surface area contributed by atoms with Gasteiger partial charge in [-0.05, 0) is 12.1 Å². The molecule has 0 amide bonds. The fourth-order valence-corrected chi connectivity index (χ4v) is 1.25. The molecule has 17 heavy (non-hydrogen) atoms. The Hall–Kier alpha value is -2.30. The summed E-state index contributed by atoms with van der Waals surface area (Å²) in [6, 6.07) is 10.1. The first-order valence-electron chi connectivity index (χ1n) is 4.81. The Kier molecular flexibility index (Phi) is 3.09. The quantitative estimate of drug-likeness (QED) is 0.781. The zero-order valence-electron chi connectivity index (χ0n) is 8.64. The molecule has 0 unspecified atom stereocenters. The number of phenolic OH excluding ortho intramolecular Hbond substituents is 1. The molecule has 0 heterocycles. The maximum atomic E-state index is 13.3. The number of nitrogens with zero attached hydrogens (tertiary/aromatic N) is 2. The molecule has 0 saturated carbocycles. The summed E-state index contributed by atoms with van der Waals surface area (Å²) in [7, 11) is 0. The fourth-order valence-electron chi connectivity index (χ4n) is 1.25. The lowest BCUT2D eigenvalue weighted by Crippen LogP contribution is -1.81. The van der Waals surface area contributed by atoms with Gasteiger partial charge in [0.05, 0.1) is 5.69 Å². The summed E-state index contributed by atoms with van der Waals surface area (Å²) < 4.78 is 26.5. The van der Waals surface area contributed by atoms with Crippen LogP contribution in [0.25, 0.3) is 0 Å². The number of hydrogen-bond donors (Lipinski definition) is 1. The minimum atomic E-state index is -0.956. The number of aromatic hydroxyl groups is 1. The Labute approximate surface area is 96.1 Å². The van der Waals surface area contributed by atoms with E-state index in [1.54, 1.807) is 30.3 Å². The van der Waals surface area contributed by atoms with Crippen molar-refractivity contribution in [2.75, 3.05) is 0 Å². The van der Waals surface area contributed by atoms with E-state index in [4.69, 9.17) is 5.11 Å². The van der Waals surface area contributed by atoms with Gasteiger partial charge in [-0.15, -0.1) is 5.11 Å². The maximum absolute atomic E-state index is 13.3. The van der Waals surface area contributed by atoms with Crippen LogP contribution in [0.3, 0.4) is 0 Å². The third-order valence-corrected chi connectivity index (χ3v) is 2.02. The lowest BCUT2D eigenvalue weighted by Gasteiger charge is -1.99. The molecule has 5 heteroatoms. The zero-order valence-corrected chi connectivity index (χ0v) is 8.64. The lowest BCUT2D eigenvalue weighted by molar-refractivity contribution is 0.461. The minimum Gasteiger partial charge on any atom is -0.508 e. The van der Waals surface area contributed by atoms with Gasteiger partial charge in [-0.2, -0.15) is 5.11 Å². The van der Waals surface area contributed by atoms with Crippen molar-refractivity contribution < 1.29 is 13.9 Å². The number of hydrogen-bond acceptors (Lipinski definition) is 3. The third-order valence-electron chi connectivity index (χ3n) is 2.02. The highest BCUT2D eigenvalue weighted by Gasteiger charge is 2.10. The van der Waals surface area contributed by atoms with Crippen LogP contribution in [-0.2, 0) is 0 Å². The second-order valence-corrected chi connectivity index (χ2v) is 3.29. The van der Waals surface area contributed by atoms with Crippen molar-refractivity contribution >= 4 is 11.4 Å². The van der Waals surface area contributed by atoms with Crippen LogP contribution in [0.2, 0.25) is 0 Å². The molecular formula is C12H8F2N2O. The summed E-state index contributed by atoms with van der Waals surface area (Å²) in [5.41, 5.74) is -0.0361. The second kappa shape index (κ2) is 4.69. The molecule has 3 nitrogen and oxygen atoms in total. The monoisotopic (exact) mass is 234 g/mol. The highest BCUT2D eigenvalue weighted by atomic mass is 19.1. The summed E-state index contributed by atoms with van der Waals surface area (Å²) in [5, 5.41) is 16.1. The van der Waals surface area contributed by atoms with Crippen LogP contribution in [-0.4, -0.2) is 5.11 Å². The van der Waals surface area contributed by atoms with Gasteiger partial charge in [-0.25, -0.2) is 8.78 Å². The van der Waals surface area contributed by atoms with Crippen LogP contribution >= 0.6 is 0 Å². The van der Waals surface area contributed by atoms with Gasteiger partial charge in [0.25, 0.3) is 0 Å². The largest absolute Gasteiger partial charge is 0.508 e. The number of rotatable bonds is 2. The van der Waals surface area contributed by atoms with E-state index in [1.165, 1.54) is 0 Å². The first-order valence-corrected chi connectivity index (χ1v) is 4.81. The standard InChI is InChI=1S/C12H8F2N2O/c13-10-6-9(17)7-11(14)12(10)16-15-8-4-2-1-3-5-8/h1-7,17H. The van der Waals surface area contributed by atoms with E-state index in [-0.39, 0.29) is 0 Å². The van der Waals surface area contributed by atoms with E-state index in [1.807, 2.05) is 0 Å². The van der Waals surface area contributed by atoms with Crippen molar-refractivity contribution in [2.24, 2.45) is 10.2 Å². The average molecular weight is 234 g/mol. The molecule has 0 aromatic heterocycles. The normalized spacial score (nSPS) is 10.9. The Morgan fingerprint density at radius 3 is 2.06 bits per heavy atom. The van der Waals surface area contributed by atoms with E-state index >= 15 is 0 Å². The molecule has 86 valence electrons. The molecule has 0 aliphatic carbocycles. The summed E-state index contributed by atoms with van der Waals surface area (Å²) in [5.74, 6) is -2.40. The Morgan fingerprint density at radius 1 is 0.882 bits per heavy atom.